The van der Waals surface area contributed by atoms with Crippen LogP contribution in [0.2, 0.25) is 0 Å². The zero-order valence-electron chi connectivity index (χ0n) is 22.8. The number of nitrogens with zero attached hydrogens (tertiary/aromatic N) is 5. The Morgan fingerprint density at radius 1 is 1.09 bits per heavy atom. The first-order valence-corrected chi connectivity index (χ1v) is 15.9. The van der Waals surface area contributed by atoms with Crippen molar-refractivity contribution in [2.75, 3.05) is 5.01 Å². The Morgan fingerprint density at radius 3 is 2.47 bits per heavy atom. The van der Waals surface area contributed by atoms with Crippen molar-refractivity contribution in [2.24, 2.45) is 5.10 Å². The third-order valence-electron chi connectivity index (χ3n) is 6.27. The minimum absolute atomic E-state index is 0.0384. The van der Waals surface area contributed by atoms with Crippen LogP contribution in [0.4, 0.5) is 11.0 Å². The van der Waals surface area contributed by atoms with Gasteiger partial charge in [0, 0.05) is 22.6 Å². The van der Waals surface area contributed by atoms with Gasteiger partial charge < -0.3 is 4.42 Å². The molecule has 0 aliphatic heterocycles. The Balaban J connectivity index is 1.47. The first-order chi connectivity index (χ1) is 20.5. The van der Waals surface area contributed by atoms with Crippen LogP contribution >= 0.6 is 27.3 Å². The lowest BCUT2D eigenvalue weighted by molar-refractivity contribution is -0.402. The molecule has 0 saturated carbocycles. The number of rotatable bonds is 10. The summed E-state index contributed by atoms with van der Waals surface area (Å²) in [6.07, 6.45) is 1.18. The Kier molecular flexibility index (Phi) is 8.82. The van der Waals surface area contributed by atoms with Crippen LogP contribution in [0.25, 0.3) is 10.2 Å². The molecule has 14 heteroatoms. The summed E-state index contributed by atoms with van der Waals surface area (Å²) in [7, 11) is -3.89. The normalized spacial score (nSPS) is 12.0. The molecular weight excluding hydrogens is 658 g/mol. The molecule has 220 valence electrons. The fourth-order valence-corrected chi connectivity index (χ4v) is 7.22. The van der Waals surface area contributed by atoms with Crippen LogP contribution in [-0.4, -0.2) is 40.8 Å². The standard InChI is InChI=1S/C29H24BrN5O6S2/c1-19(2)33(18-20-6-4-3-5-7-20)43(39,40)24-12-8-21(9-13-24)28(36)34(31-17-23-11-15-27(41-23)35(37)38)29-32-25-14-10-22(30)16-26(25)42-29/h3-17,19H,18H2,1-2H3/b31-17+. The molecule has 5 aromatic rings. The first kappa shape index (κ1) is 30.2. The molecule has 2 aromatic heterocycles. The first-order valence-electron chi connectivity index (χ1n) is 12.9. The predicted octanol–water partition coefficient (Wildman–Crippen LogP) is 6.84. The van der Waals surface area contributed by atoms with Crippen molar-refractivity contribution in [1.29, 1.82) is 0 Å². The van der Waals surface area contributed by atoms with Gasteiger partial charge in [0.15, 0.2) is 5.76 Å². The molecule has 2 heterocycles. The van der Waals surface area contributed by atoms with Gasteiger partial charge in [-0.05, 0) is 67.9 Å². The molecule has 5 rings (SSSR count). The van der Waals surface area contributed by atoms with Crippen molar-refractivity contribution >= 4 is 70.6 Å². The Morgan fingerprint density at radius 2 is 1.81 bits per heavy atom. The minimum Gasteiger partial charge on any atom is -0.400 e. The van der Waals surface area contributed by atoms with Gasteiger partial charge in [-0.25, -0.2) is 13.4 Å². The van der Waals surface area contributed by atoms with E-state index < -0.39 is 26.7 Å². The number of anilines is 1. The quantitative estimate of drug-likeness (QED) is 0.0893. The zero-order chi connectivity index (χ0) is 30.7. The fourth-order valence-electron chi connectivity index (χ4n) is 4.13. The van der Waals surface area contributed by atoms with E-state index in [9.17, 15) is 23.3 Å². The maximum atomic E-state index is 13.7. The van der Waals surface area contributed by atoms with Crippen molar-refractivity contribution in [2.45, 2.75) is 31.3 Å². The van der Waals surface area contributed by atoms with Crippen LogP contribution in [0.1, 0.15) is 35.5 Å². The molecule has 0 aliphatic rings. The van der Waals surface area contributed by atoms with Gasteiger partial charge in [0.25, 0.3) is 5.91 Å². The molecule has 3 aromatic carbocycles. The van der Waals surface area contributed by atoms with Crippen molar-refractivity contribution in [1.82, 2.24) is 9.29 Å². The maximum absolute atomic E-state index is 13.7. The molecule has 0 aliphatic carbocycles. The number of fused-ring (bicyclic) bond motifs is 1. The average Bonchev–Trinajstić information content (AvgIpc) is 3.63. The summed E-state index contributed by atoms with van der Waals surface area (Å²) >= 11 is 4.64. The maximum Gasteiger partial charge on any atom is 0.433 e. The molecule has 0 N–H and O–H groups in total. The molecule has 0 spiro atoms. The summed E-state index contributed by atoms with van der Waals surface area (Å²) in [5.41, 5.74) is 1.64. The smallest absolute Gasteiger partial charge is 0.400 e. The summed E-state index contributed by atoms with van der Waals surface area (Å²) in [5, 5.41) is 16.5. The number of aromatic nitrogens is 1. The number of benzene rings is 3. The summed E-state index contributed by atoms with van der Waals surface area (Å²) in [4.78, 5) is 28.6. The number of carbonyl (C=O) groups is 1. The molecule has 0 bridgehead atoms. The van der Waals surface area contributed by atoms with Crippen LogP contribution in [0.15, 0.2) is 104 Å². The van der Waals surface area contributed by atoms with Crippen molar-refractivity contribution in [3.63, 3.8) is 0 Å². The number of nitro groups is 1. The number of amides is 1. The van der Waals surface area contributed by atoms with Gasteiger partial charge in [0.1, 0.15) is 4.92 Å². The van der Waals surface area contributed by atoms with Crippen LogP contribution in [0.3, 0.4) is 0 Å². The number of hydrazone groups is 1. The molecule has 0 atom stereocenters. The van der Waals surface area contributed by atoms with E-state index in [4.69, 9.17) is 4.42 Å². The summed E-state index contributed by atoms with van der Waals surface area (Å²) in [6.45, 7) is 3.81. The number of hydrogen-bond acceptors (Lipinski definition) is 9. The lowest BCUT2D eigenvalue weighted by atomic mass is 10.2. The highest BCUT2D eigenvalue weighted by Crippen LogP contribution is 2.32. The van der Waals surface area contributed by atoms with E-state index in [1.54, 1.807) is 19.9 Å². The second-order valence-corrected chi connectivity index (χ2v) is 13.4. The van der Waals surface area contributed by atoms with Gasteiger partial charge in [-0.3, -0.25) is 14.9 Å². The minimum atomic E-state index is -3.89. The summed E-state index contributed by atoms with van der Waals surface area (Å²) < 4.78 is 35.3. The number of carbonyl (C=O) groups excluding carboxylic acids is 1. The highest BCUT2D eigenvalue weighted by atomic mass is 79.9. The van der Waals surface area contributed by atoms with E-state index in [0.717, 1.165) is 19.7 Å². The molecule has 0 saturated heterocycles. The van der Waals surface area contributed by atoms with Crippen molar-refractivity contribution < 1.29 is 22.6 Å². The zero-order valence-corrected chi connectivity index (χ0v) is 26.0. The third-order valence-corrected chi connectivity index (χ3v) is 9.79. The highest BCUT2D eigenvalue weighted by Gasteiger charge is 2.28. The van der Waals surface area contributed by atoms with Gasteiger partial charge in [0.05, 0.1) is 27.4 Å². The Hall–Kier alpha value is -4.24. The summed E-state index contributed by atoms with van der Waals surface area (Å²) in [6, 6.07) is 22.6. The molecule has 43 heavy (non-hydrogen) atoms. The number of sulfonamides is 1. The van der Waals surface area contributed by atoms with Crippen molar-refractivity contribution in [3.05, 3.63) is 116 Å². The van der Waals surface area contributed by atoms with E-state index in [1.165, 1.54) is 58.3 Å². The van der Waals surface area contributed by atoms with Crippen LogP contribution in [-0.2, 0) is 16.6 Å². The lowest BCUT2D eigenvalue weighted by Gasteiger charge is -2.26. The number of furan rings is 1. The SMILES string of the molecule is CC(C)N(Cc1ccccc1)S(=O)(=O)c1ccc(C(=O)N(/N=C/c2ccc([N+](=O)[O-])o2)c2nc3ccc(Br)cc3s2)cc1. The third kappa shape index (κ3) is 6.72. The van der Waals surface area contributed by atoms with Crippen molar-refractivity contribution in [3.8, 4) is 0 Å². The van der Waals surface area contributed by atoms with E-state index in [0.29, 0.717) is 5.52 Å². The largest absolute Gasteiger partial charge is 0.433 e. The monoisotopic (exact) mass is 681 g/mol. The molecule has 0 fully saturated rings. The molecule has 0 radical (unpaired) electrons. The number of thiazole rings is 1. The Labute approximate surface area is 259 Å². The highest BCUT2D eigenvalue weighted by molar-refractivity contribution is 9.10. The van der Waals surface area contributed by atoms with E-state index in [-0.39, 0.29) is 33.9 Å². The molecule has 0 unspecified atom stereocenters. The van der Waals surface area contributed by atoms with Crippen LogP contribution in [0.5, 0.6) is 0 Å². The Bertz CT molecular complexity index is 1920. The molecular formula is C29H24BrN5O6S2. The second-order valence-electron chi connectivity index (χ2n) is 9.56. The average molecular weight is 683 g/mol. The van der Waals surface area contributed by atoms with E-state index in [2.05, 4.69) is 26.0 Å². The molecule has 1 amide bonds. The predicted molar refractivity (Wildman–Crippen MR) is 168 cm³/mol. The lowest BCUT2D eigenvalue weighted by Crippen LogP contribution is -2.36. The van der Waals surface area contributed by atoms with Gasteiger partial charge >= 0.3 is 5.88 Å². The van der Waals surface area contributed by atoms with Gasteiger partial charge in [-0.2, -0.15) is 14.4 Å². The van der Waals surface area contributed by atoms with Gasteiger partial charge in [-0.1, -0.05) is 57.6 Å². The molecule has 11 nitrogen and oxygen atoms in total. The topological polar surface area (TPSA) is 139 Å². The van der Waals surface area contributed by atoms with Crippen LogP contribution < -0.4 is 5.01 Å². The van der Waals surface area contributed by atoms with E-state index >= 15 is 0 Å². The number of halogens is 1. The second kappa shape index (κ2) is 12.6. The van der Waals surface area contributed by atoms with Gasteiger partial charge in [0.2, 0.25) is 15.2 Å². The fraction of sp³-hybridized carbons (Fsp3) is 0.138. The number of hydrogen-bond donors (Lipinski definition) is 0. The van der Waals surface area contributed by atoms with Gasteiger partial charge in [-0.15, -0.1) is 0 Å². The van der Waals surface area contributed by atoms with E-state index in [1.807, 2.05) is 42.5 Å². The van der Waals surface area contributed by atoms with Crippen LogP contribution in [0, 0.1) is 10.1 Å². The summed E-state index contributed by atoms with van der Waals surface area (Å²) in [5.74, 6) is -1.00.